The summed E-state index contributed by atoms with van der Waals surface area (Å²) in [6, 6.07) is 3.95. The summed E-state index contributed by atoms with van der Waals surface area (Å²) >= 11 is 0. The fourth-order valence-electron chi connectivity index (χ4n) is 3.74. The van der Waals surface area contributed by atoms with Gasteiger partial charge in [0.2, 0.25) is 5.91 Å². The van der Waals surface area contributed by atoms with Crippen molar-refractivity contribution in [2.75, 3.05) is 27.2 Å². The van der Waals surface area contributed by atoms with Gasteiger partial charge in [0.05, 0.1) is 6.54 Å². The van der Waals surface area contributed by atoms with Crippen LogP contribution in [0.4, 0.5) is 0 Å². The number of furan rings is 1. The number of hydrogen-bond donors (Lipinski definition) is 0. The average Bonchev–Trinajstić information content (AvgIpc) is 2.79. The summed E-state index contributed by atoms with van der Waals surface area (Å²) in [6.45, 7) is 4.23. The zero-order chi connectivity index (χ0) is 15.0. The zero-order valence-corrected chi connectivity index (χ0v) is 13.3. The summed E-state index contributed by atoms with van der Waals surface area (Å²) in [7, 11) is 4.09. The number of nitrogens with zero attached hydrogens (tertiary/aromatic N) is 2. The third-order valence-electron chi connectivity index (χ3n) is 4.96. The van der Waals surface area contributed by atoms with E-state index in [1.165, 1.54) is 19.3 Å². The molecule has 0 N–H and O–H groups in total. The van der Waals surface area contributed by atoms with E-state index in [9.17, 15) is 4.79 Å². The van der Waals surface area contributed by atoms with Gasteiger partial charge < -0.3 is 14.2 Å². The highest BCUT2D eigenvalue weighted by Crippen LogP contribution is 2.58. The Labute approximate surface area is 127 Å². The fourth-order valence-corrected chi connectivity index (χ4v) is 3.74. The largest absolute Gasteiger partial charge is 0.464 e. The molecule has 21 heavy (non-hydrogen) atoms. The van der Waals surface area contributed by atoms with Crippen molar-refractivity contribution < 1.29 is 9.21 Å². The molecule has 1 amide bonds. The van der Waals surface area contributed by atoms with E-state index in [1.54, 1.807) is 0 Å². The molecule has 4 nitrogen and oxygen atoms in total. The minimum absolute atomic E-state index is 0.303. The number of hydrogen-bond acceptors (Lipinski definition) is 3. The van der Waals surface area contributed by atoms with Crippen LogP contribution in [0.3, 0.4) is 0 Å². The first-order valence-corrected chi connectivity index (χ1v) is 8.05. The molecule has 1 heterocycles. The fraction of sp³-hybridized carbons (Fsp3) is 0.706. The summed E-state index contributed by atoms with van der Waals surface area (Å²) in [5.74, 6) is 3.81. The Hall–Kier alpha value is -1.29. The average molecular weight is 290 g/mol. The van der Waals surface area contributed by atoms with Crippen molar-refractivity contribution in [3.8, 4) is 0 Å². The van der Waals surface area contributed by atoms with Gasteiger partial charge in [-0.25, -0.2) is 0 Å². The van der Waals surface area contributed by atoms with Gasteiger partial charge in [-0.1, -0.05) is 6.42 Å². The molecule has 0 unspecified atom stereocenters. The Morgan fingerprint density at radius 1 is 1.24 bits per heavy atom. The number of carbonyl (C=O) groups excluding carboxylic acids is 1. The lowest BCUT2D eigenvalue weighted by Crippen LogP contribution is -2.37. The predicted molar refractivity (Wildman–Crippen MR) is 81.7 cm³/mol. The van der Waals surface area contributed by atoms with Crippen LogP contribution in [-0.2, 0) is 11.3 Å². The van der Waals surface area contributed by atoms with E-state index in [4.69, 9.17) is 4.42 Å². The number of aryl methyl sites for hydroxylation is 1. The first-order chi connectivity index (χ1) is 10.1. The second-order valence-corrected chi connectivity index (χ2v) is 6.86. The second-order valence-electron chi connectivity index (χ2n) is 6.86. The summed E-state index contributed by atoms with van der Waals surface area (Å²) in [4.78, 5) is 16.9. The topological polar surface area (TPSA) is 36.7 Å². The van der Waals surface area contributed by atoms with Crippen LogP contribution in [0.15, 0.2) is 16.5 Å². The summed E-state index contributed by atoms with van der Waals surface area (Å²) in [5, 5.41) is 0. The van der Waals surface area contributed by atoms with Gasteiger partial charge in [0.15, 0.2) is 0 Å². The van der Waals surface area contributed by atoms with Gasteiger partial charge in [-0.05, 0) is 57.8 Å². The molecule has 2 saturated carbocycles. The van der Waals surface area contributed by atoms with Gasteiger partial charge in [-0.15, -0.1) is 0 Å². The molecule has 0 aliphatic heterocycles. The van der Waals surface area contributed by atoms with Crippen molar-refractivity contribution in [2.24, 2.45) is 17.8 Å². The van der Waals surface area contributed by atoms with E-state index >= 15 is 0 Å². The van der Waals surface area contributed by atoms with Crippen LogP contribution in [0.5, 0.6) is 0 Å². The lowest BCUT2D eigenvalue weighted by molar-refractivity contribution is -0.134. The number of carbonyl (C=O) groups is 1. The van der Waals surface area contributed by atoms with Crippen LogP contribution >= 0.6 is 0 Å². The van der Waals surface area contributed by atoms with Crippen LogP contribution in [0.1, 0.15) is 30.8 Å². The van der Waals surface area contributed by atoms with Gasteiger partial charge in [0, 0.05) is 19.0 Å². The van der Waals surface area contributed by atoms with Gasteiger partial charge in [0.1, 0.15) is 11.5 Å². The highest BCUT2D eigenvalue weighted by atomic mass is 16.3. The van der Waals surface area contributed by atoms with Crippen LogP contribution in [-0.4, -0.2) is 42.9 Å². The van der Waals surface area contributed by atoms with Gasteiger partial charge in [-0.3, -0.25) is 4.79 Å². The molecule has 4 heteroatoms. The number of rotatable bonds is 6. The predicted octanol–water partition coefficient (Wildman–Crippen LogP) is 2.52. The molecule has 1 aromatic rings. The van der Waals surface area contributed by atoms with Crippen molar-refractivity contribution in [3.05, 3.63) is 23.7 Å². The Bertz CT molecular complexity index is 499. The first kappa shape index (κ1) is 14.6. The molecule has 0 saturated heterocycles. The summed E-state index contributed by atoms with van der Waals surface area (Å²) in [5.41, 5.74) is 0. The standard InChI is InChI=1S/C17H26N2O2/c1-12-7-8-13(21-12)11-19(10-9-18(2)3)17(20)16-14-5-4-6-15(14)16/h7-8,14-16H,4-6,9-11H2,1-3H3/t14-,15-/m1/s1. The molecule has 116 valence electrons. The lowest BCUT2D eigenvalue weighted by atomic mass is 10.1. The molecule has 0 spiro atoms. The van der Waals surface area contributed by atoms with E-state index < -0.39 is 0 Å². The van der Waals surface area contributed by atoms with Crippen molar-refractivity contribution in [1.82, 2.24) is 9.80 Å². The van der Waals surface area contributed by atoms with E-state index in [0.717, 1.165) is 24.6 Å². The number of amides is 1. The maximum absolute atomic E-state index is 12.8. The zero-order valence-electron chi connectivity index (χ0n) is 13.3. The monoisotopic (exact) mass is 290 g/mol. The molecule has 2 fully saturated rings. The minimum atomic E-state index is 0.303. The molecule has 2 aliphatic carbocycles. The number of likely N-dealkylation sites (N-methyl/N-ethyl adjacent to an activating group) is 1. The molecule has 0 radical (unpaired) electrons. The van der Waals surface area contributed by atoms with Crippen LogP contribution in [0, 0.1) is 24.7 Å². The maximum atomic E-state index is 12.8. The SMILES string of the molecule is Cc1ccc(CN(CCN(C)C)C(=O)C2[C@@H]3CCC[C@@H]23)o1. The molecular formula is C17H26N2O2. The summed E-state index contributed by atoms with van der Waals surface area (Å²) in [6.07, 6.45) is 3.82. The Morgan fingerprint density at radius 2 is 1.95 bits per heavy atom. The van der Waals surface area contributed by atoms with E-state index in [2.05, 4.69) is 4.90 Å². The molecule has 2 atom stereocenters. The third kappa shape index (κ3) is 3.15. The smallest absolute Gasteiger partial charge is 0.226 e. The molecule has 2 aliphatic rings. The van der Waals surface area contributed by atoms with Gasteiger partial charge in [-0.2, -0.15) is 0 Å². The van der Waals surface area contributed by atoms with Crippen molar-refractivity contribution >= 4 is 5.91 Å². The quantitative estimate of drug-likeness (QED) is 0.808. The highest BCUT2D eigenvalue weighted by molar-refractivity contribution is 5.82. The van der Waals surface area contributed by atoms with Crippen LogP contribution in [0.2, 0.25) is 0 Å². The second kappa shape index (κ2) is 5.84. The Kier molecular flexibility index (Phi) is 4.07. The Balaban J connectivity index is 1.65. The Morgan fingerprint density at radius 3 is 2.52 bits per heavy atom. The maximum Gasteiger partial charge on any atom is 0.226 e. The van der Waals surface area contributed by atoms with Gasteiger partial charge >= 0.3 is 0 Å². The van der Waals surface area contributed by atoms with Crippen molar-refractivity contribution in [2.45, 2.75) is 32.7 Å². The third-order valence-corrected chi connectivity index (χ3v) is 4.96. The first-order valence-electron chi connectivity index (χ1n) is 8.05. The van der Waals surface area contributed by atoms with Gasteiger partial charge in [0.25, 0.3) is 0 Å². The number of fused-ring (bicyclic) bond motifs is 1. The van der Waals surface area contributed by atoms with E-state index in [0.29, 0.717) is 30.2 Å². The normalized spacial score (nSPS) is 27.0. The molecular weight excluding hydrogens is 264 g/mol. The lowest BCUT2D eigenvalue weighted by Gasteiger charge is -2.24. The van der Waals surface area contributed by atoms with Crippen molar-refractivity contribution in [1.29, 1.82) is 0 Å². The minimum Gasteiger partial charge on any atom is -0.464 e. The molecule has 0 bridgehead atoms. The molecule has 1 aromatic heterocycles. The van der Waals surface area contributed by atoms with Crippen LogP contribution < -0.4 is 0 Å². The molecule has 3 rings (SSSR count). The molecule has 0 aromatic carbocycles. The van der Waals surface area contributed by atoms with E-state index in [1.807, 2.05) is 38.1 Å². The summed E-state index contributed by atoms with van der Waals surface area (Å²) < 4.78 is 5.66. The van der Waals surface area contributed by atoms with Crippen LogP contribution in [0.25, 0.3) is 0 Å². The highest BCUT2D eigenvalue weighted by Gasteiger charge is 2.57. The van der Waals surface area contributed by atoms with Crippen molar-refractivity contribution in [3.63, 3.8) is 0 Å². The van der Waals surface area contributed by atoms with E-state index in [-0.39, 0.29) is 0 Å².